The van der Waals surface area contributed by atoms with E-state index in [0.29, 0.717) is 0 Å². The Balaban J connectivity index is 2.14. The van der Waals surface area contributed by atoms with Gasteiger partial charge in [-0.05, 0) is 18.6 Å². The average molecular weight is 231 g/mol. The van der Waals surface area contributed by atoms with Gasteiger partial charge in [0.2, 0.25) is 5.91 Å². The first-order valence-corrected chi connectivity index (χ1v) is 5.98. The van der Waals surface area contributed by atoms with Gasteiger partial charge in [0.25, 0.3) is 0 Å². The number of carbonyl (C=O) groups excluding carboxylic acids is 1. The maximum absolute atomic E-state index is 11.6. The molecule has 0 spiro atoms. The molecule has 84 valence electrons. The molecule has 2 aliphatic rings. The zero-order chi connectivity index (χ0) is 10.8. The summed E-state index contributed by atoms with van der Waals surface area (Å²) in [6.07, 6.45) is 1.94. The van der Waals surface area contributed by atoms with E-state index in [4.69, 9.17) is 9.84 Å². The van der Waals surface area contributed by atoms with Crippen LogP contribution in [-0.2, 0) is 14.3 Å². The van der Waals surface area contributed by atoms with Crippen LogP contribution < -0.4 is 0 Å². The molecule has 0 aliphatic carbocycles. The van der Waals surface area contributed by atoms with Crippen LogP contribution in [0.1, 0.15) is 12.8 Å². The summed E-state index contributed by atoms with van der Waals surface area (Å²) in [6, 6.07) is -0.804. The van der Waals surface area contributed by atoms with Crippen molar-refractivity contribution in [3.63, 3.8) is 0 Å². The molecule has 2 fully saturated rings. The number of hydrogen-bond donors (Lipinski definition) is 1. The van der Waals surface area contributed by atoms with E-state index >= 15 is 0 Å². The Kier molecular flexibility index (Phi) is 3.16. The minimum Gasteiger partial charge on any atom is -0.480 e. The molecule has 2 rings (SSSR count). The van der Waals surface area contributed by atoms with E-state index in [2.05, 4.69) is 0 Å². The lowest BCUT2D eigenvalue weighted by atomic mass is 10.2. The highest BCUT2D eigenvalue weighted by Gasteiger charge is 2.39. The molecule has 0 aromatic rings. The second-order valence-electron chi connectivity index (χ2n) is 3.64. The Bertz CT molecular complexity index is 277. The van der Waals surface area contributed by atoms with E-state index < -0.39 is 12.0 Å². The molecule has 2 aliphatic heterocycles. The summed E-state index contributed by atoms with van der Waals surface area (Å²) in [7, 11) is 0. The molecule has 5 nitrogen and oxygen atoms in total. The lowest BCUT2D eigenvalue weighted by Crippen LogP contribution is -2.56. The topological polar surface area (TPSA) is 66.8 Å². The molecule has 2 saturated heterocycles. The molecular weight excluding hydrogens is 218 g/mol. The van der Waals surface area contributed by atoms with Gasteiger partial charge >= 0.3 is 5.97 Å². The summed E-state index contributed by atoms with van der Waals surface area (Å²) in [6.45, 7) is 0.124. The Morgan fingerprint density at radius 2 is 2.40 bits per heavy atom. The third-order valence-corrected chi connectivity index (χ3v) is 4.00. The van der Waals surface area contributed by atoms with Gasteiger partial charge in [0.15, 0.2) is 6.04 Å². The van der Waals surface area contributed by atoms with E-state index in [1.807, 2.05) is 0 Å². The van der Waals surface area contributed by atoms with Crippen molar-refractivity contribution >= 4 is 23.6 Å². The summed E-state index contributed by atoms with van der Waals surface area (Å²) < 4.78 is 4.96. The first-order chi connectivity index (χ1) is 7.20. The van der Waals surface area contributed by atoms with Crippen LogP contribution in [-0.4, -0.2) is 52.3 Å². The predicted molar refractivity (Wildman–Crippen MR) is 54.6 cm³/mol. The van der Waals surface area contributed by atoms with Crippen LogP contribution in [0.15, 0.2) is 0 Å². The smallest absolute Gasteiger partial charge is 0.328 e. The molecule has 2 atom stereocenters. The van der Waals surface area contributed by atoms with E-state index in [1.165, 1.54) is 4.90 Å². The normalized spacial score (nSPS) is 32.0. The first-order valence-electron chi connectivity index (χ1n) is 4.93. The molecule has 2 heterocycles. The number of ether oxygens (including phenoxy) is 1. The molecule has 6 heteroatoms. The van der Waals surface area contributed by atoms with Crippen LogP contribution in [0, 0.1) is 0 Å². The highest BCUT2D eigenvalue weighted by Crippen LogP contribution is 2.31. The summed E-state index contributed by atoms with van der Waals surface area (Å²) in [5.41, 5.74) is 0. The Labute approximate surface area is 91.8 Å². The van der Waals surface area contributed by atoms with Gasteiger partial charge < -0.3 is 14.7 Å². The SMILES string of the molecule is O=C(O)C1COCC(=O)N1C1CCCS1. The number of nitrogens with zero attached hydrogens (tertiary/aromatic N) is 1. The molecule has 0 saturated carbocycles. The van der Waals surface area contributed by atoms with E-state index in [-0.39, 0.29) is 24.5 Å². The second kappa shape index (κ2) is 4.40. The molecule has 2 unspecified atom stereocenters. The number of hydrogen-bond acceptors (Lipinski definition) is 4. The molecule has 1 amide bonds. The van der Waals surface area contributed by atoms with Crippen LogP contribution in [0.2, 0.25) is 0 Å². The molecule has 1 N–H and O–H groups in total. The summed E-state index contributed by atoms with van der Waals surface area (Å²) in [4.78, 5) is 24.1. The number of aliphatic carboxylic acids is 1. The van der Waals surface area contributed by atoms with Gasteiger partial charge in [-0.2, -0.15) is 0 Å². The van der Waals surface area contributed by atoms with Crippen LogP contribution in [0.3, 0.4) is 0 Å². The van der Waals surface area contributed by atoms with Gasteiger partial charge in [-0.3, -0.25) is 4.79 Å². The van der Waals surface area contributed by atoms with Crippen molar-refractivity contribution in [1.82, 2.24) is 4.90 Å². The van der Waals surface area contributed by atoms with Crippen molar-refractivity contribution in [2.45, 2.75) is 24.3 Å². The molecule has 15 heavy (non-hydrogen) atoms. The third kappa shape index (κ3) is 2.10. The predicted octanol–water partition coefficient (Wildman–Crippen LogP) is 0.151. The summed E-state index contributed by atoms with van der Waals surface area (Å²) in [5, 5.41) is 9.03. The van der Waals surface area contributed by atoms with Gasteiger partial charge in [0.05, 0.1) is 12.0 Å². The third-order valence-electron chi connectivity index (χ3n) is 2.63. The van der Waals surface area contributed by atoms with Crippen molar-refractivity contribution < 1.29 is 19.4 Å². The van der Waals surface area contributed by atoms with Crippen molar-refractivity contribution in [1.29, 1.82) is 0 Å². The fourth-order valence-electron chi connectivity index (χ4n) is 1.92. The maximum atomic E-state index is 11.6. The monoisotopic (exact) mass is 231 g/mol. The van der Waals surface area contributed by atoms with Gasteiger partial charge in [0.1, 0.15) is 6.61 Å². The van der Waals surface area contributed by atoms with E-state index in [9.17, 15) is 9.59 Å². The lowest BCUT2D eigenvalue weighted by Gasteiger charge is -2.36. The summed E-state index contributed by atoms with van der Waals surface area (Å²) in [5.74, 6) is -0.176. The fourth-order valence-corrected chi connectivity index (χ4v) is 3.28. The average Bonchev–Trinajstić information content (AvgIpc) is 2.70. The highest BCUT2D eigenvalue weighted by molar-refractivity contribution is 8.00. The molecular formula is C9H13NO4S. The van der Waals surface area contributed by atoms with Crippen LogP contribution in [0.25, 0.3) is 0 Å². The first kappa shape index (κ1) is 10.8. The van der Waals surface area contributed by atoms with Gasteiger partial charge in [-0.15, -0.1) is 11.8 Å². The van der Waals surface area contributed by atoms with Gasteiger partial charge in [-0.1, -0.05) is 0 Å². The van der Waals surface area contributed by atoms with Crippen LogP contribution in [0.4, 0.5) is 0 Å². The minimum absolute atomic E-state index is 0.0147. The minimum atomic E-state index is -0.976. The number of thioether (sulfide) groups is 1. The maximum Gasteiger partial charge on any atom is 0.328 e. The number of amides is 1. The van der Waals surface area contributed by atoms with Gasteiger partial charge in [0, 0.05) is 0 Å². The number of carbonyl (C=O) groups is 2. The Hall–Kier alpha value is -0.750. The molecule has 0 aromatic carbocycles. The Morgan fingerprint density at radius 3 is 3.00 bits per heavy atom. The second-order valence-corrected chi connectivity index (χ2v) is 4.92. The lowest BCUT2D eigenvalue weighted by molar-refractivity contribution is -0.163. The largest absolute Gasteiger partial charge is 0.480 e. The Morgan fingerprint density at radius 1 is 1.60 bits per heavy atom. The zero-order valence-corrected chi connectivity index (χ0v) is 9.03. The zero-order valence-electron chi connectivity index (χ0n) is 8.22. The number of carboxylic acids is 1. The quantitative estimate of drug-likeness (QED) is 0.733. The van der Waals surface area contributed by atoms with Crippen molar-refractivity contribution in [2.24, 2.45) is 0 Å². The standard InChI is InChI=1S/C9H13NO4S/c11-7-5-14-4-6(9(12)13)10(7)8-2-1-3-15-8/h6,8H,1-5H2,(H,12,13). The van der Waals surface area contributed by atoms with Crippen LogP contribution in [0.5, 0.6) is 0 Å². The highest BCUT2D eigenvalue weighted by atomic mass is 32.2. The van der Waals surface area contributed by atoms with Crippen molar-refractivity contribution in [3.05, 3.63) is 0 Å². The van der Waals surface area contributed by atoms with Crippen molar-refractivity contribution in [3.8, 4) is 0 Å². The molecule has 0 aromatic heterocycles. The fraction of sp³-hybridized carbons (Fsp3) is 0.778. The van der Waals surface area contributed by atoms with Gasteiger partial charge in [-0.25, -0.2) is 4.79 Å². The number of morpholine rings is 1. The molecule has 0 bridgehead atoms. The van der Waals surface area contributed by atoms with Crippen molar-refractivity contribution in [2.75, 3.05) is 19.0 Å². The van der Waals surface area contributed by atoms with E-state index in [0.717, 1.165) is 18.6 Å². The van der Waals surface area contributed by atoms with Crippen LogP contribution >= 0.6 is 11.8 Å². The number of rotatable bonds is 2. The summed E-state index contributed by atoms with van der Waals surface area (Å²) >= 11 is 1.66. The molecule has 0 radical (unpaired) electrons. The van der Waals surface area contributed by atoms with E-state index in [1.54, 1.807) is 11.8 Å². The number of carboxylic acid groups (broad SMARTS) is 1.